The molecule has 3 rings (SSSR count). The number of aryl methyl sites for hydroxylation is 1. The number of ether oxygens (including phenoxy) is 1. The monoisotopic (exact) mass is 471 g/mol. The summed E-state index contributed by atoms with van der Waals surface area (Å²) in [6, 6.07) is 15.8. The van der Waals surface area contributed by atoms with Crippen molar-refractivity contribution in [3.63, 3.8) is 0 Å². The Morgan fingerprint density at radius 2 is 1.75 bits per heavy atom. The largest absolute Gasteiger partial charge is 0.462 e. The zero-order valence-electron chi connectivity index (χ0n) is 19.2. The molecular formula is C27H31Cl2NO2. The van der Waals surface area contributed by atoms with Gasteiger partial charge in [0.15, 0.2) is 0 Å². The van der Waals surface area contributed by atoms with E-state index in [0.717, 1.165) is 41.8 Å². The van der Waals surface area contributed by atoms with Gasteiger partial charge in [0.1, 0.15) is 0 Å². The molecule has 0 spiro atoms. The average molecular weight is 472 g/mol. The Kier molecular flexibility index (Phi) is 8.44. The van der Waals surface area contributed by atoms with Gasteiger partial charge in [0.25, 0.3) is 0 Å². The predicted octanol–water partition coefficient (Wildman–Crippen LogP) is 7.45. The molecule has 1 aliphatic rings. The summed E-state index contributed by atoms with van der Waals surface area (Å²) in [6.45, 7) is 8.67. The summed E-state index contributed by atoms with van der Waals surface area (Å²) >= 11 is 13.0. The van der Waals surface area contributed by atoms with Gasteiger partial charge in [0.05, 0.1) is 22.2 Å². The van der Waals surface area contributed by atoms with Crippen LogP contribution in [0.2, 0.25) is 10.0 Å². The van der Waals surface area contributed by atoms with Crippen LogP contribution >= 0.6 is 23.2 Å². The topological polar surface area (TPSA) is 38.3 Å². The molecule has 1 heterocycles. The summed E-state index contributed by atoms with van der Waals surface area (Å²) in [5.74, 6) is -0.173. The molecule has 1 unspecified atom stereocenters. The summed E-state index contributed by atoms with van der Waals surface area (Å²) in [5, 5.41) is 4.37. The van der Waals surface area contributed by atoms with Crippen LogP contribution in [0.3, 0.4) is 0 Å². The molecule has 3 nitrogen and oxygen atoms in total. The standard InChI is InChI=1S/C27H31Cl2NO2/c1-17(2)16-22-18(3)30-19(4)24(25(22)21-13-8-14-23(28)26(21)29)27(31)32-15-9-12-20-10-6-5-7-11-20/h5-8,10-11,13-14,17,25,30H,9,12,15-16H2,1-4H3. The minimum absolute atomic E-state index is 0.286. The number of hydrogen-bond donors (Lipinski definition) is 1. The van der Waals surface area contributed by atoms with E-state index >= 15 is 0 Å². The zero-order valence-corrected chi connectivity index (χ0v) is 20.7. The van der Waals surface area contributed by atoms with E-state index in [2.05, 4.69) is 38.2 Å². The van der Waals surface area contributed by atoms with Crippen LogP contribution in [0, 0.1) is 5.92 Å². The van der Waals surface area contributed by atoms with E-state index in [9.17, 15) is 4.79 Å². The van der Waals surface area contributed by atoms with Gasteiger partial charge >= 0.3 is 5.97 Å². The highest BCUT2D eigenvalue weighted by atomic mass is 35.5. The lowest BCUT2D eigenvalue weighted by molar-refractivity contribution is -0.139. The molecule has 2 aromatic carbocycles. The smallest absolute Gasteiger partial charge is 0.336 e. The van der Waals surface area contributed by atoms with E-state index in [-0.39, 0.29) is 11.9 Å². The number of rotatable bonds is 8. The SMILES string of the molecule is CC1=C(CC(C)C)C(c2cccc(Cl)c2Cl)C(C(=O)OCCCc2ccccc2)=C(C)N1. The molecule has 0 aliphatic carbocycles. The lowest BCUT2D eigenvalue weighted by atomic mass is 9.77. The molecule has 0 saturated carbocycles. The van der Waals surface area contributed by atoms with E-state index < -0.39 is 0 Å². The molecule has 0 aromatic heterocycles. The molecule has 5 heteroatoms. The minimum atomic E-state index is -0.308. The van der Waals surface area contributed by atoms with Crippen molar-refractivity contribution < 1.29 is 9.53 Å². The lowest BCUT2D eigenvalue weighted by Gasteiger charge is -2.33. The molecular weight excluding hydrogens is 441 g/mol. The molecule has 32 heavy (non-hydrogen) atoms. The van der Waals surface area contributed by atoms with Gasteiger partial charge in [-0.15, -0.1) is 0 Å². The highest BCUT2D eigenvalue weighted by molar-refractivity contribution is 6.42. The van der Waals surface area contributed by atoms with E-state index in [1.165, 1.54) is 5.56 Å². The first-order valence-electron chi connectivity index (χ1n) is 11.1. The highest BCUT2D eigenvalue weighted by Crippen LogP contribution is 2.45. The first-order valence-corrected chi connectivity index (χ1v) is 11.9. The first kappa shape index (κ1) is 24.4. The maximum atomic E-state index is 13.3. The van der Waals surface area contributed by atoms with Crippen LogP contribution in [-0.4, -0.2) is 12.6 Å². The summed E-state index contributed by atoms with van der Waals surface area (Å²) in [5.41, 5.74) is 5.68. The summed E-state index contributed by atoms with van der Waals surface area (Å²) in [7, 11) is 0. The van der Waals surface area contributed by atoms with Crippen molar-refractivity contribution in [1.82, 2.24) is 5.32 Å². The van der Waals surface area contributed by atoms with Crippen molar-refractivity contribution >= 4 is 29.2 Å². The molecule has 0 radical (unpaired) electrons. The molecule has 170 valence electrons. The van der Waals surface area contributed by atoms with E-state index in [1.807, 2.05) is 37.3 Å². The molecule has 1 atom stereocenters. The van der Waals surface area contributed by atoms with Crippen molar-refractivity contribution in [1.29, 1.82) is 0 Å². The van der Waals surface area contributed by atoms with Crippen molar-refractivity contribution in [3.05, 3.63) is 92.2 Å². The van der Waals surface area contributed by atoms with Crippen molar-refractivity contribution in [2.45, 2.75) is 52.9 Å². The Morgan fingerprint density at radius 1 is 1.03 bits per heavy atom. The number of carbonyl (C=O) groups is 1. The third-order valence-corrected chi connectivity index (χ3v) is 6.56. The third kappa shape index (κ3) is 5.76. The predicted molar refractivity (Wildman–Crippen MR) is 133 cm³/mol. The van der Waals surface area contributed by atoms with E-state index in [0.29, 0.717) is 28.1 Å². The van der Waals surface area contributed by atoms with Gasteiger partial charge < -0.3 is 10.1 Å². The second kappa shape index (κ2) is 11.1. The molecule has 0 fully saturated rings. The molecule has 1 N–H and O–H groups in total. The summed E-state index contributed by atoms with van der Waals surface area (Å²) in [6.07, 6.45) is 2.47. The van der Waals surface area contributed by atoms with Gasteiger partial charge in [0, 0.05) is 17.3 Å². The number of halogens is 2. The fourth-order valence-corrected chi connectivity index (χ4v) is 4.68. The second-order valence-electron chi connectivity index (χ2n) is 8.71. The zero-order chi connectivity index (χ0) is 23.3. The van der Waals surface area contributed by atoms with Crippen LogP contribution in [0.1, 0.15) is 57.6 Å². The van der Waals surface area contributed by atoms with Crippen LogP contribution in [-0.2, 0) is 16.0 Å². The Morgan fingerprint density at radius 3 is 2.44 bits per heavy atom. The van der Waals surface area contributed by atoms with E-state index in [4.69, 9.17) is 27.9 Å². The normalized spacial score (nSPS) is 16.4. The van der Waals surface area contributed by atoms with Crippen LogP contribution in [0.5, 0.6) is 0 Å². The Balaban J connectivity index is 1.86. The molecule has 0 saturated heterocycles. The quantitative estimate of drug-likeness (QED) is 0.320. The van der Waals surface area contributed by atoms with Crippen LogP contribution < -0.4 is 5.32 Å². The van der Waals surface area contributed by atoms with Gasteiger partial charge in [0.2, 0.25) is 0 Å². The fourth-order valence-electron chi connectivity index (χ4n) is 4.27. The summed E-state index contributed by atoms with van der Waals surface area (Å²) in [4.78, 5) is 13.3. The number of nitrogens with one attached hydrogen (secondary N) is 1. The summed E-state index contributed by atoms with van der Waals surface area (Å²) < 4.78 is 5.75. The number of allylic oxidation sites excluding steroid dienone is 3. The van der Waals surface area contributed by atoms with Gasteiger partial charge in [-0.1, -0.05) is 79.5 Å². The fraction of sp³-hybridized carbons (Fsp3) is 0.370. The number of dihydropyridines is 1. The molecule has 1 aliphatic heterocycles. The van der Waals surface area contributed by atoms with Crippen molar-refractivity contribution in [2.24, 2.45) is 5.92 Å². The van der Waals surface area contributed by atoms with Crippen LogP contribution in [0.25, 0.3) is 0 Å². The Labute approximate surface area is 201 Å². The van der Waals surface area contributed by atoms with Crippen molar-refractivity contribution in [3.8, 4) is 0 Å². The van der Waals surface area contributed by atoms with Gasteiger partial charge in [-0.05, 0) is 61.8 Å². The Hall–Kier alpha value is -2.23. The highest BCUT2D eigenvalue weighted by Gasteiger charge is 2.35. The number of benzene rings is 2. The third-order valence-electron chi connectivity index (χ3n) is 5.72. The van der Waals surface area contributed by atoms with Gasteiger partial charge in [-0.25, -0.2) is 4.79 Å². The Bertz CT molecular complexity index is 1030. The maximum Gasteiger partial charge on any atom is 0.336 e. The first-order chi connectivity index (χ1) is 15.3. The second-order valence-corrected chi connectivity index (χ2v) is 9.50. The minimum Gasteiger partial charge on any atom is -0.462 e. The van der Waals surface area contributed by atoms with Crippen LogP contribution in [0.15, 0.2) is 71.1 Å². The molecule has 0 amide bonds. The average Bonchev–Trinajstić information content (AvgIpc) is 2.75. The molecule has 2 aromatic rings. The van der Waals surface area contributed by atoms with E-state index in [1.54, 1.807) is 6.07 Å². The number of esters is 1. The van der Waals surface area contributed by atoms with Gasteiger partial charge in [-0.2, -0.15) is 0 Å². The van der Waals surface area contributed by atoms with Crippen LogP contribution in [0.4, 0.5) is 0 Å². The number of hydrogen-bond acceptors (Lipinski definition) is 3. The number of carbonyl (C=O) groups excluding carboxylic acids is 1. The van der Waals surface area contributed by atoms with Crippen molar-refractivity contribution in [2.75, 3.05) is 6.61 Å². The molecule has 0 bridgehead atoms. The maximum absolute atomic E-state index is 13.3. The van der Waals surface area contributed by atoms with Gasteiger partial charge in [-0.3, -0.25) is 0 Å². The lowest BCUT2D eigenvalue weighted by Crippen LogP contribution is -2.30.